The minimum Gasteiger partial charge on any atom is -0.337 e. The summed E-state index contributed by atoms with van der Waals surface area (Å²) in [6.07, 6.45) is 2.71. The monoisotopic (exact) mass is 236 g/mol. The Morgan fingerprint density at radius 2 is 2.19 bits per heavy atom. The van der Waals surface area contributed by atoms with Gasteiger partial charge in [-0.1, -0.05) is 13.0 Å². The number of rotatable bonds is 2. The highest BCUT2D eigenvalue weighted by Gasteiger charge is 2.06. The van der Waals surface area contributed by atoms with Gasteiger partial charge in [0, 0.05) is 11.9 Å². The Hall–Kier alpha value is -1.42. The zero-order valence-electron chi connectivity index (χ0n) is 9.25. The van der Waals surface area contributed by atoms with Crippen molar-refractivity contribution in [1.29, 1.82) is 0 Å². The second-order valence-electron chi connectivity index (χ2n) is 3.71. The van der Waals surface area contributed by atoms with Gasteiger partial charge in [0.15, 0.2) is 4.77 Å². The van der Waals surface area contributed by atoms with Crippen molar-refractivity contribution in [3.8, 4) is 5.69 Å². The molecule has 1 N–H and O–H groups in total. The summed E-state index contributed by atoms with van der Waals surface area (Å²) in [6, 6.07) is 5.15. The summed E-state index contributed by atoms with van der Waals surface area (Å²) in [4.78, 5) is 2.98. The summed E-state index contributed by atoms with van der Waals surface area (Å²) >= 11 is 5.18. The van der Waals surface area contributed by atoms with Gasteiger partial charge in [0.1, 0.15) is 5.82 Å². The number of benzene rings is 1. The van der Waals surface area contributed by atoms with Crippen molar-refractivity contribution in [2.24, 2.45) is 0 Å². The molecule has 0 radical (unpaired) electrons. The second-order valence-corrected chi connectivity index (χ2v) is 4.09. The van der Waals surface area contributed by atoms with E-state index in [9.17, 15) is 4.39 Å². The van der Waals surface area contributed by atoms with Crippen molar-refractivity contribution in [3.05, 3.63) is 46.2 Å². The van der Waals surface area contributed by atoms with Crippen molar-refractivity contribution < 1.29 is 4.39 Å². The van der Waals surface area contributed by atoms with Gasteiger partial charge in [-0.05, 0) is 43.3 Å². The molecule has 0 spiro atoms. The number of imidazole rings is 1. The molecule has 1 heterocycles. The van der Waals surface area contributed by atoms with Crippen LogP contribution in [0.1, 0.15) is 18.2 Å². The largest absolute Gasteiger partial charge is 0.337 e. The lowest BCUT2D eigenvalue weighted by molar-refractivity contribution is 0.617. The summed E-state index contributed by atoms with van der Waals surface area (Å²) in [5.41, 5.74) is 2.46. The lowest BCUT2D eigenvalue weighted by atomic mass is 10.2. The lowest BCUT2D eigenvalue weighted by Gasteiger charge is -2.07. The maximum atomic E-state index is 13.5. The van der Waals surface area contributed by atoms with E-state index >= 15 is 0 Å². The van der Waals surface area contributed by atoms with Gasteiger partial charge in [-0.2, -0.15) is 0 Å². The first-order valence-corrected chi connectivity index (χ1v) is 5.60. The number of H-pyrrole nitrogens is 1. The third-order valence-electron chi connectivity index (χ3n) is 2.63. The molecule has 0 saturated heterocycles. The average molecular weight is 236 g/mol. The molecular formula is C12H13FN2S. The molecule has 2 aromatic rings. The molecular weight excluding hydrogens is 223 g/mol. The van der Waals surface area contributed by atoms with Crippen LogP contribution < -0.4 is 0 Å². The highest BCUT2D eigenvalue weighted by molar-refractivity contribution is 7.71. The fourth-order valence-corrected chi connectivity index (χ4v) is 1.95. The second kappa shape index (κ2) is 4.22. The van der Waals surface area contributed by atoms with E-state index < -0.39 is 0 Å². The predicted octanol–water partition coefficient (Wildman–Crippen LogP) is 3.54. The van der Waals surface area contributed by atoms with E-state index in [1.165, 1.54) is 6.07 Å². The quantitative estimate of drug-likeness (QED) is 0.791. The summed E-state index contributed by atoms with van der Waals surface area (Å²) in [7, 11) is 0. The van der Waals surface area contributed by atoms with Gasteiger partial charge in [-0.25, -0.2) is 4.39 Å². The number of hydrogen-bond acceptors (Lipinski definition) is 1. The smallest absolute Gasteiger partial charge is 0.182 e. The van der Waals surface area contributed by atoms with Crippen LogP contribution in [-0.4, -0.2) is 9.55 Å². The summed E-state index contributed by atoms with van der Waals surface area (Å²) < 4.78 is 15.9. The molecule has 2 rings (SSSR count). The van der Waals surface area contributed by atoms with Gasteiger partial charge in [0.25, 0.3) is 0 Å². The molecule has 0 amide bonds. The minimum absolute atomic E-state index is 0.206. The lowest BCUT2D eigenvalue weighted by Crippen LogP contribution is -2.00. The standard InChI is InChI=1S/C12H13FN2S/c1-3-9-7-14-12(16)15(9)10-5-4-8(2)11(13)6-10/h4-7H,3H2,1-2H3,(H,14,16). The summed E-state index contributed by atoms with van der Waals surface area (Å²) in [5, 5.41) is 0. The zero-order chi connectivity index (χ0) is 11.7. The van der Waals surface area contributed by atoms with Crippen molar-refractivity contribution in [3.63, 3.8) is 0 Å². The Bertz CT molecular complexity index is 569. The molecule has 1 aromatic carbocycles. The number of aromatic nitrogens is 2. The highest BCUT2D eigenvalue weighted by atomic mass is 32.1. The Balaban J connectivity index is 2.62. The van der Waals surface area contributed by atoms with Crippen LogP contribution in [0, 0.1) is 17.5 Å². The topological polar surface area (TPSA) is 20.7 Å². The molecule has 84 valence electrons. The third-order valence-corrected chi connectivity index (χ3v) is 2.93. The van der Waals surface area contributed by atoms with E-state index in [-0.39, 0.29) is 5.82 Å². The molecule has 0 aliphatic rings. The van der Waals surface area contributed by atoms with E-state index in [0.717, 1.165) is 17.8 Å². The van der Waals surface area contributed by atoms with Crippen molar-refractivity contribution in [2.75, 3.05) is 0 Å². The SMILES string of the molecule is CCc1c[nH]c(=S)n1-c1ccc(C)c(F)c1. The van der Waals surface area contributed by atoms with Crippen LogP contribution in [-0.2, 0) is 6.42 Å². The molecule has 0 saturated carbocycles. The molecule has 0 aliphatic carbocycles. The van der Waals surface area contributed by atoms with Crippen LogP contribution in [0.5, 0.6) is 0 Å². The molecule has 0 fully saturated rings. The van der Waals surface area contributed by atoms with Gasteiger partial charge in [0.2, 0.25) is 0 Å². The van der Waals surface area contributed by atoms with Gasteiger partial charge in [0.05, 0.1) is 5.69 Å². The van der Waals surface area contributed by atoms with Crippen LogP contribution in [0.25, 0.3) is 5.69 Å². The Labute approximate surface area is 98.7 Å². The first-order chi connectivity index (χ1) is 7.63. The van der Waals surface area contributed by atoms with Crippen molar-refractivity contribution in [1.82, 2.24) is 9.55 Å². The molecule has 1 aromatic heterocycles. The molecule has 0 bridgehead atoms. The Kier molecular flexibility index (Phi) is 2.92. The molecule has 0 atom stereocenters. The van der Waals surface area contributed by atoms with Gasteiger partial charge >= 0.3 is 0 Å². The van der Waals surface area contributed by atoms with Gasteiger partial charge in [-0.15, -0.1) is 0 Å². The predicted molar refractivity (Wildman–Crippen MR) is 65.0 cm³/mol. The first kappa shape index (κ1) is 11.1. The summed E-state index contributed by atoms with van der Waals surface area (Å²) in [5.74, 6) is -0.206. The van der Waals surface area contributed by atoms with Gasteiger partial charge in [-0.3, -0.25) is 4.57 Å². The molecule has 2 nitrogen and oxygen atoms in total. The number of aromatic amines is 1. The number of nitrogens with zero attached hydrogens (tertiary/aromatic N) is 1. The van der Waals surface area contributed by atoms with E-state index in [1.54, 1.807) is 13.0 Å². The van der Waals surface area contributed by atoms with Crippen LogP contribution in [0.2, 0.25) is 0 Å². The van der Waals surface area contributed by atoms with Crippen LogP contribution in [0.3, 0.4) is 0 Å². The maximum Gasteiger partial charge on any atom is 0.182 e. The minimum atomic E-state index is -0.206. The average Bonchev–Trinajstić information content (AvgIpc) is 2.64. The van der Waals surface area contributed by atoms with E-state index in [0.29, 0.717) is 10.3 Å². The van der Waals surface area contributed by atoms with Gasteiger partial charge < -0.3 is 4.98 Å². The van der Waals surface area contributed by atoms with E-state index in [1.807, 2.05) is 23.8 Å². The Morgan fingerprint density at radius 3 is 2.81 bits per heavy atom. The highest BCUT2D eigenvalue weighted by Crippen LogP contribution is 2.16. The maximum absolute atomic E-state index is 13.5. The molecule has 16 heavy (non-hydrogen) atoms. The van der Waals surface area contributed by atoms with Crippen LogP contribution >= 0.6 is 12.2 Å². The molecule has 0 unspecified atom stereocenters. The van der Waals surface area contributed by atoms with Crippen molar-refractivity contribution >= 4 is 12.2 Å². The van der Waals surface area contributed by atoms with E-state index in [2.05, 4.69) is 4.98 Å². The third kappa shape index (κ3) is 1.80. The zero-order valence-corrected chi connectivity index (χ0v) is 10.1. The fraction of sp³-hybridized carbons (Fsp3) is 0.250. The number of halogens is 1. The molecule has 0 aliphatic heterocycles. The number of nitrogens with one attached hydrogen (secondary N) is 1. The normalized spacial score (nSPS) is 10.7. The Morgan fingerprint density at radius 1 is 1.44 bits per heavy atom. The van der Waals surface area contributed by atoms with Crippen molar-refractivity contribution in [2.45, 2.75) is 20.3 Å². The number of aryl methyl sites for hydroxylation is 2. The summed E-state index contributed by atoms with van der Waals surface area (Å²) in [6.45, 7) is 3.79. The number of hydrogen-bond donors (Lipinski definition) is 1. The van der Waals surface area contributed by atoms with E-state index in [4.69, 9.17) is 12.2 Å². The fourth-order valence-electron chi connectivity index (χ4n) is 1.67. The first-order valence-electron chi connectivity index (χ1n) is 5.19. The molecule has 4 heteroatoms. The van der Waals surface area contributed by atoms with Crippen LogP contribution in [0.15, 0.2) is 24.4 Å². The van der Waals surface area contributed by atoms with Crippen LogP contribution in [0.4, 0.5) is 4.39 Å².